The molecule has 0 aliphatic carbocycles. The minimum Gasteiger partial charge on any atom is -0.516 e. The molecule has 1 nitrogen and oxygen atoms in total. The lowest BCUT2D eigenvalue weighted by Gasteiger charge is -1.98. The second-order valence-corrected chi connectivity index (χ2v) is 2.64. The third-order valence-corrected chi connectivity index (χ3v) is 1.55. The van der Waals surface area contributed by atoms with Crippen LogP contribution in [0.3, 0.4) is 0 Å². The Morgan fingerprint density at radius 3 is 2.55 bits per heavy atom. The van der Waals surface area contributed by atoms with Gasteiger partial charge in [-0.05, 0) is 24.5 Å². The lowest BCUT2D eigenvalue weighted by molar-refractivity contribution is 0.465. The molecule has 0 saturated carbocycles. The van der Waals surface area contributed by atoms with Crippen LogP contribution in [0.5, 0.6) is 0 Å². The third-order valence-electron chi connectivity index (χ3n) is 1.55. The molecule has 0 saturated heterocycles. The van der Waals surface area contributed by atoms with Crippen LogP contribution in [0.15, 0.2) is 42.2 Å². The van der Waals surface area contributed by atoms with E-state index in [9.17, 15) is 0 Å². The first-order chi connectivity index (χ1) is 5.33. The van der Waals surface area contributed by atoms with Gasteiger partial charge in [-0.1, -0.05) is 30.3 Å². The second kappa shape index (κ2) is 3.81. The van der Waals surface area contributed by atoms with Crippen LogP contribution in [0.4, 0.5) is 0 Å². The summed E-state index contributed by atoms with van der Waals surface area (Å²) < 4.78 is 0. The summed E-state index contributed by atoms with van der Waals surface area (Å²) in [6.07, 6.45) is 1.99. The number of allylic oxidation sites excluding steroid dienone is 1. The van der Waals surface area contributed by atoms with Gasteiger partial charge in [0.2, 0.25) is 0 Å². The highest BCUT2D eigenvalue weighted by molar-refractivity contribution is 5.19. The number of aliphatic hydroxyl groups excluding tert-OH is 1. The maximum atomic E-state index is 8.63. The molecule has 1 aromatic carbocycles. The fourth-order valence-electron chi connectivity index (χ4n) is 0.963. The van der Waals surface area contributed by atoms with Crippen molar-refractivity contribution in [2.75, 3.05) is 0 Å². The Morgan fingerprint density at radius 1 is 1.36 bits per heavy atom. The topological polar surface area (TPSA) is 20.2 Å². The molecule has 0 aliphatic heterocycles. The Kier molecular flexibility index (Phi) is 2.73. The minimum absolute atomic E-state index is 0.831. The van der Waals surface area contributed by atoms with Crippen molar-refractivity contribution in [3.8, 4) is 0 Å². The highest BCUT2D eigenvalue weighted by Crippen LogP contribution is 2.05. The number of aliphatic hydroxyl groups is 1. The van der Waals surface area contributed by atoms with Crippen LogP contribution in [0, 0.1) is 0 Å². The van der Waals surface area contributed by atoms with Crippen LogP contribution >= 0.6 is 0 Å². The van der Waals surface area contributed by atoms with Crippen LogP contribution in [-0.4, -0.2) is 5.11 Å². The first kappa shape index (κ1) is 7.86. The van der Waals surface area contributed by atoms with Crippen molar-refractivity contribution in [3.05, 3.63) is 47.7 Å². The van der Waals surface area contributed by atoms with E-state index in [-0.39, 0.29) is 0 Å². The van der Waals surface area contributed by atoms with E-state index >= 15 is 0 Å². The molecule has 0 aromatic heterocycles. The molecule has 0 spiro atoms. The van der Waals surface area contributed by atoms with E-state index in [1.807, 2.05) is 37.3 Å². The summed E-state index contributed by atoms with van der Waals surface area (Å²) in [5.74, 6) is 0. The summed E-state index contributed by atoms with van der Waals surface area (Å²) in [5.41, 5.74) is 2.21. The van der Waals surface area contributed by atoms with E-state index < -0.39 is 0 Å². The van der Waals surface area contributed by atoms with E-state index in [1.54, 1.807) is 0 Å². The van der Waals surface area contributed by atoms with Crippen molar-refractivity contribution in [1.82, 2.24) is 0 Å². The Bertz CT molecular complexity index is 236. The molecular weight excluding hydrogens is 136 g/mol. The molecule has 1 rings (SSSR count). The molecule has 0 heterocycles. The Morgan fingerprint density at radius 2 is 2.00 bits per heavy atom. The fraction of sp³-hybridized carbons (Fsp3) is 0.200. The average molecular weight is 148 g/mol. The summed E-state index contributed by atoms with van der Waals surface area (Å²) in [6.45, 7) is 1.91. The number of benzene rings is 1. The molecule has 0 bridgehead atoms. The van der Waals surface area contributed by atoms with Crippen molar-refractivity contribution in [3.63, 3.8) is 0 Å². The maximum absolute atomic E-state index is 8.63. The predicted octanol–water partition coefficient (Wildman–Crippen LogP) is 2.69. The molecule has 0 radical (unpaired) electrons. The van der Waals surface area contributed by atoms with Crippen LogP contribution in [0.25, 0.3) is 0 Å². The van der Waals surface area contributed by atoms with Crippen LogP contribution in [0.2, 0.25) is 0 Å². The van der Waals surface area contributed by atoms with Gasteiger partial charge in [0, 0.05) is 0 Å². The number of hydrogen-bond donors (Lipinski definition) is 1. The Labute approximate surface area is 67.0 Å². The van der Waals surface area contributed by atoms with Gasteiger partial charge in [-0.25, -0.2) is 0 Å². The zero-order valence-electron chi connectivity index (χ0n) is 6.62. The van der Waals surface area contributed by atoms with Gasteiger partial charge in [-0.15, -0.1) is 0 Å². The lowest BCUT2D eigenvalue weighted by atomic mass is 10.1. The zero-order chi connectivity index (χ0) is 8.10. The van der Waals surface area contributed by atoms with Crippen LogP contribution in [-0.2, 0) is 6.42 Å². The molecule has 11 heavy (non-hydrogen) atoms. The first-order valence-corrected chi connectivity index (χ1v) is 3.66. The molecule has 1 N–H and O–H groups in total. The van der Waals surface area contributed by atoms with Crippen molar-refractivity contribution in [2.45, 2.75) is 13.3 Å². The fourth-order valence-corrected chi connectivity index (χ4v) is 0.963. The zero-order valence-corrected chi connectivity index (χ0v) is 6.62. The van der Waals surface area contributed by atoms with E-state index in [0.29, 0.717) is 0 Å². The molecule has 1 aromatic rings. The van der Waals surface area contributed by atoms with Crippen molar-refractivity contribution in [1.29, 1.82) is 0 Å². The molecule has 58 valence electrons. The summed E-state index contributed by atoms with van der Waals surface area (Å²) in [5, 5.41) is 8.63. The number of rotatable bonds is 2. The number of hydrogen-bond acceptors (Lipinski definition) is 1. The van der Waals surface area contributed by atoms with E-state index in [2.05, 4.69) is 0 Å². The highest BCUT2D eigenvalue weighted by Gasteiger charge is 1.91. The molecule has 0 fully saturated rings. The van der Waals surface area contributed by atoms with Gasteiger partial charge in [0.05, 0.1) is 6.26 Å². The SMILES string of the molecule is C/C(=C/O)Cc1ccccc1. The van der Waals surface area contributed by atoms with Crippen molar-refractivity contribution < 1.29 is 5.11 Å². The summed E-state index contributed by atoms with van der Waals surface area (Å²) in [6, 6.07) is 10.1. The minimum atomic E-state index is 0.831. The molecule has 0 aliphatic rings. The average Bonchev–Trinajstić information content (AvgIpc) is 2.06. The molecule has 0 atom stereocenters. The maximum Gasteiger partial charge on any atom is 0.0784 e. The van der Waals surface area contributed by atoms with Gasteiger partial charge >= 0.3 is 0 Å². The smallest absolute Gasteiger partial charge is 0.0784 e. The molecule has 0 unspecified atom stereocenters. The second-order valence-electron chi connectivity index (χ2n) is 2.64. The summed E-state index contributed by atoms with van der Waals surface area (Å²) in [4.78, 5) is 0. The molecule has 0 amide bonds. The van der Waals surface area contributed by atoms with Gasteiger partial charge in [0.25, 0.3) is 0 Å². The van der Waals surface area contributed by atoms with Crippen molar-refractivity contribution in [2.24, 2.45) is 0 Å². The van der Waals surface area contributed by atoms with Gasteiger partial charge in [0.1, 0.15) is 0 Å². The highest BCUT2D eigenvalue weighted by atomic mass is 16.2. The van der Waals surface area contributed by atoms with E-state index in [1.165, 1.54) is 5.56 Å². The normalized spacial score (nSPS) is 11.5. The lowest BCUT2D eigenvalue weighted by Crippen LogP contribution is -1.85. The van der Waals surface area contributed by atoms with Crippen LogP contribution < -0.4 is 0 Å². The quantitative estimate of drug-likeness (QED) is 0.639. The van der Waals surface area contributed by atoms with E-state index in [4.69, 9.17) is 5.11 Å². The monoisotopic (exact) mass is 148 g/mol. The van der Waals surface area contributed by atoms with E-state index in [0.717, 1.165) is 18.3 Å². The predicted molar refractivity (Wildman–Crippen MR) is 46.5 cm³/mol. The largest absolute Gasteiger partial charge is 0.516 e. The summed E-state index contributed by atoms with van der Waals surface area (Å²) >= 11 is 0. The van der Waals surface area contributed by atoms with Crippen molar-refractivity contribution >= 4 is 0 Å². The summed E-state index contributed by atoms with van der Waals surface area (Å²) in [7, 11) is 0. The Hall–Kier alpha value is -1.24. The van der Waals surface area contributed by atoms with Gasteiger partial charge in [-0.3, -0.25) is 0 Å². The standard InChI is InChI=1S/C10H12O/c1-9(8-11)7-10-5-3-2-4-6-10/h2-6,8,11H,7H2,1H3/b9-8-. The van der Waals surface area contributed by atoms with Gasteiger partial charge < -0.3 is 5.11 Å². The van der Waals surface area contributed by atoms with Gasteiger partial charge in [0.15, 0.2) is 0 Å². The third kappa shape index (κ3) is 2.46. The Balaban J connectivity index is 2.65. The first-order valence-electron chi connectivity index (χ1n) is 3.66. The molecule has 1 heteroatoms. The van der Waals surface area contributed by atoms with Gasteiger partial charge in [-0.2, -0.15) is 0 Å². The molecular formula is C10H12O. The van der Waals surface area contributed by atoms with Crippen LogP contribution in [0.1, 0.15) is 12.5 Å².